The molecule has 0 rings (SSSR count). The van der Waals surface area contributed by atoms with Crippen LogP contribution in [0.3, 0.4) is 0 Å². The van der Waals surface area contributed by atoms with Gasteiger partial charge in [0.1, 0.15) is 12.6 Å². The van der Waals surface area contributed by atoms with E-state index in [9.17, 15) is 28.8 Å². The van der Waals surface area contributed by atoms with Crippen molar-refractivity contribution in [3.05, 3.63) is 0 Å². The Hall–Kier alpha value is -3.22. The van der Waals surface area contributed by atoms with E-state index in [0.717, 1.165) is 0 Å². The molecule has 0 aliphatic heterocycles. The van der Waals surface area contributed by atoms with Gasteiger partial charge in [0.05, 0.1) is 26.2 Å². The summed E-state index contributed by atoms with van der Waals surface area (Å²) in [6.45, 7) is -0.713. The third-order valence-corrected chi connectivity index (χ3v) is 2.71. The van der Waals surface area contributed by atoms with Crippen LogP contribution in [0.4, 0.5) is 0 Å². The van der Waals surface area contributed by atoms with E-state index < -0.39 is 61.2 Å². The average molecular weight is 374 g/mol. The number of carbonyl (C=O) groups is 6. The lowest BCUT2D eigenvalue weighted by molar-refractivity contribution is -0.138. The van der Waals surface area contributed by atoms with Crippen molar-refractivity contribution >= 4 is 35.5 Å². The first kappa shape index (κ1) is 22.8. The van der Waals surface area contributed by atoms with Crippen LogP contribution in [0, 0.1) is 0 Å². The van der Waals surface area contributed by atoms with E-state index in [1.165, 1.54) is 6.92 Å². The van der Waals surface area contributed by atoms with Gasteiger partial charge in [0, 0.05) is 0 Å². The molecule has 0 aromatic heterocycles. The molecule has 0 aliphatic rings. The number of carboxylic acids is 1. The molecule has 26 heavy (non-hydrogen) atoms. The van der Waals surface area contributed by atoms with Crippen molar-refractivity contribution in [2.24, 2.45) is 5.73 Å². The first-order valence-electron chi connectivity index (χ1n) is 7.44. The van der Waals surface area contributed by atoms with Crippen LogP contribution in [0.15, 0.2) is 0 Å². The van der Waals surface area contributed by atoms with Crippen LogP contribution in [-0.2, 0) is 28.8 Å². The molecule has 0 bridgehead atoms. The number of nitrogens with two attached hydrogens (primary N) is 1. The lowest BCUT2D eigenvalue weighted by atomic mass is 10.3. The first-order chi connectivity index (χ1) is 12.1. The molecule has 0 aromatic rings. The van der Waals surface area contributed by atoms with Crippen molar-refractivity contribution < 1.29 is 33.9 Å². The molecule has 13 nitrogen and oxygen atoms in total. The second-order valence-electron chi connectivity index (χ2n) is 4.94. The van der Waals surface area contributed by atoms with Crippen LogP contribution in [0.1, 0.15) is 6.92 Å². The number of rotatable bonds is 11. The lowest BCUT2D eigenvalue weighted by Gasteiger charge is -2.14. The molecule has 0 unspecified atom stereocenters. The maximum absolute atomic E-state index is 11.7. The SMILES string of the molecule is C[C@H](NC(=O)CNC(=O)CNC(=O)CN)C(=O)NCC(=O)NCC(=O)O. The summed E-state index contributed by atoms with van der Waals surface area (Å²) in [6.07, 6.45) is 0. The number of aliphatic carboxylic acids is 1. The van der Waals surface area contributed by atoms with Crippen molar-refractivity contribution in [3.8, 4) is 0 Å². The fraction of sp³-hybridized carbons (Fsp3) is 0.538. The predicted molar refractivity (Wildman–Crippen MR) is 86.3 cm³/mol. The molecule has 146 valence electrons. The maximum atomic E-state index is 11.7. The summed E-state index contributed by atoms with van der Waals surface area (Å²) < 4.78 is 0. The van der Waals surface area contributed by atoms with Crippen LogP contribution >= 0.6 is 0 Å². The van der Waals surface area contributed by atoms with Crippen molar-refractivity contribution in [2.45, 2.75) is 13.0 Å². The Kier molecular flexibility index (Phi) is 10.7. The molecular formula is C13H22N6O7. The summed E-state index contributed by atoms with van der Waals surface area (Å²) in [7, 11) is 0. The fourth-order valence-corrected chi connectivity index (χ4v) is 1.41. The zero-order chi connectivity index (χ0) is 20.1. The first-order valence-corrected chi connectivity index (χ1v) is 7.44. The summed E-state index contributed by atoms with van der Waals surface area (Å²) in [6, 6.07) is -0.997. The molecule has 0 saturated heterocycles. The molecule has 0 aromatic carbocycles. The van der Waals surface area contributed by atoms with Crippen LogP contribution in [0.25, 0.3) is 0 Å². The van der Waals surface area contributed by atoms with Gasteiger partial charge in [-0.25, -0.2) is 0 Å². The van der Waals surface area contributed by atoms with Gasteiger partial charge >= 0.3 is 5.97 Å². The largest absolute Gasteiger partial charge is 0.480 e. The second kappa shape index (κ2) is 12.2. The average Bonchev–Trinajstić information content (AvgIpc) is 2.60. The fourth-order valence-electron chi connectivity index (χ4n) is 1.41. The van der Waals surface area contributed by atoms with E-state index in [0.29, 0.717) is 0 Å². The van der Waals surface area contributed by atoms with Crippen LogP contribution < -0.4 is 32.3 Å². The highest BCUT2D eigenvalue weighted by molar-refractivity contribution is 5.92. The Morgan fingerprint density at radius 2 is 1.23 bits per heavy atom. The summed E-state index contributed by atoms with van der Waals surface area (Å²) in [4.78, 5) is 67.0. The van der Waals surface area contributed by atoms with Crippen LogP contribution in [-0.4, -0.2) is 79.4 Å². The van der Waals surface area contributed by atoms with Crippen LogP contribution in [0.2, 0.25) is 0 Å². The van der Waals surface area contributed by atoms with E-state index >= 15 is 0 Å². The summed E-state index contributed by atoms with van der Waals surface area (Å²) in [5.41, 5.74) is 5.04. The van der Waals surface area contributed by atoms with Gasteiger partial charge in [-0.05, 0) is 6.92 Å². The van der Waals surface area contributed by atoms with E-state index in [1.54, 1.807) is 0 Å². The van der Waals surface area contributed by atoms with E-state index in [4.69, 9.17) is 10.8 Å². The molecule has 1 atom stereocenters. The molecule has 13 heteroatoms. The second-order valence-corrected chi connectivity index (χ2v) is 4.94. The summed E-state index contributed by atoms with van der Waals surface area (Å²) >= 11 is 0. The Morgan fingerprint density at radius 3 is 1.77 bits per heavy atom. The lowest BCUT2D eigenvalue weighted by Crippen LogP contribution is -2.50. The minimum absolute atomic E-state index is 0.269. The minimum atomic E-state index is -1.23. The third kappa shape index (κ3) is 11.3. The van der Waals surface area contributed by atoms with Gasteiger partial charge in [0.2, 0.25) is 29.5 Å². The van der Waals surface area contributed by atoms with E-state index in [-0.39, 0.29) is 13.1 Å². The highest BCUT2D eigenvalue weighted by Crippen LogP contribution is 1.82. The Balaban J connectivity index is 4.03. The Morgan fingerprint density at radius 1 is 0.769 bits per heavy atom. The van der Waals surface area contributed by atoms with Crippen molar-refractivity contribution in [1.29, 1.82) is 0 Å². The standard InChI is InChI=1S/C13H22N6O7/c1-7(13(26)18-4-10(22)17-6-12(24)25)19-11(23)5-16-9(21)3-15-8(20)2-14/h7H,2-6,14H2,1H3,(H,15,20)(H,16,21)(H,17,22)(H,18,26)(H,19,23)(H,24,25)/t7-/m0/s1. The number of carbonyl (C=O) groups excluding carboxylic acids is 5. The van der Waals surface area contributed by atoms with E-state index in [1.807, 2.05) is 5.32 Å². The molecule has 0 radical (unpaired) electrons. The number of nitrogens with one attached hydrogen (secondary N) is 5. The predicted octanol–water partition coefficient (Wildman–Crippen LogP) is -5.00. The summed E-state index contributed by atoms with van der Waals surface area (Å²) in [5.74, 6) is -4.41. The van der Waals surface area contributed by atoms with Gasteiger partial charge in [-0.3, -0.25) is 28.8 Å². The minimum Gasteiger partial charge on any atom is -0.480 e. The van der Waals surface area contributed by atoms with Gasteiger partial charge in [-0.1, -0.05) is 0 Å². The monoisotopic (exact) mass is 374 g/mol. The number of amides is 5. The maximum Gasteiger partial charge on any atom is 0.322 e. The highest BCUT2D eigenvalue weighted by atomic mass is 16.4. The van der Waals surface area contributed by atoms with Crippen molar-refractivity contribution in [1.82, 2.24) is 26.6 Å². The van der Waals surface area contributed by atoms with Gasteiger partial charge in [-0.2, -0.15) is 0 Å². The smallest absolute Gasteiger partial charge is 0.322 e. The molecular weight excluding hydrogens is 352 g/mol. The highest BCUT2D eigenvalue weighted by Gasteiger charge is 2.17. The Labute approximate surface area is 148 Å². The molecule has 5 amide bonds. The van der Waals surface area contributed by atoms with Gasteiger partial charge < -0.3 is 37.4 Å². The topological polar surface area (TPSA) is 209 Å². The van der Waals surface area contributed by atoms with Gasteiger partial charge in [0.25, 0.3) is 0 Å². The van der Waals surface area contributed by atoms with E-state index in [2.05, 4.69) is 21.3 Å². The number of hydrogen-bond acceptors (Lipinski definition) is 7. The molecule has 0 aliphatic carbocycles. The molecule has 0 saturated carbocycles. The molecule has 8 N–H and O–H groups in total. The number of carboxylic acid groups (broad SMARTS) is 1. The zero-order valence-electron chi connectivity index (χ0n) is 14.1. The quantitative estimate of drug-likeness (QED) is 0.186. The van der Waals surface area contributed by atoms with Crippen LogP contribution in [0.5, 0.6) is 0 Å². The molecule has 0 spiro atoms. The number of hydrogen-bond donors (Lipinski definition) is 7. The normalized spacial score (nSPS) is 10.8. The third-order valence-electron chi connectivity index (χ3n) is 2.71. The molecule has 0 heterocycles. The zero-order valence-corrected chi connectivity index (χ0v) is 14.1. The van der Waals surface area contributed by atoms with Gasteiger partial charge in [-0.15, -0.1) is 0 Å². The molecule has 0 fully saturated rings. The summed E-state index contributed by atoms with van der Waals surface area (Å²) in [5, 5.41) is 19.4. The van der Waals surface area contributed by atoms with Gasteiger partial charge in [0.15, 0.2) is 0 Å². The van der Waals surface area contributed by atoms with Crippen molar-refractivity contribution in [2.75, 3.05) is 32.7 Å². The Bertz CT molecular complexity index is 565. The van der Waals surface area contributed by atoms with Crippen molar-refractivity contribution in [3.63, 3.8) is 0 Å².